The number of carbonyl (C=O) groups excluding carboxylic acids is 2. The van der Waals surface area contributed by atoms with E-state index in [1.807, 2.05) is 51.1 Å². The molecule has 0 bridgehead atoms. The van der Waals surface area contributed by atoms with E-state index in [0.29, 0.717) is 12.8 Å². The highest BCUT2D eigenvalue weighted by molar-refractivity contribution is 5.82. The number of benzene rings is 1. The SMILES string of the molecule is COC(=O)[C@H]1CC[C@H](Cc2ccccc2)N1C(=O)OC(C)(C)C. The third kappa shape index (κ3) is 4.47. The van der Waals surface area contributed by atoms with Crippen LogP contribution < -0.4 is 0 Å². The van der Waals surface area contributed by atoms with E-state index in [2.05, 4.69) is 0 Å². The molecule has 23 heavy (non-hydrogen) atoms. The molecular weight excluding hydrogens is 294 g/mol. The predicted molar refractivity (Wildman–Crippen MR) is 87.0 cm³/mol. The molecule has 0 N–H and O–H groups in total. The minimum Gasteiger partial charge on any atom is -0.467 e. The van der Waals surface area contributed by atoms with Crippen LogP contribution in [0.25, 0.3) is 0 Å². The van der Waals surface area contributed by atoms with Crippen molar-refractivity contribution < 1.29 is 19.1 Å². The molecule has 0 spiro atoms. The normalized spacial score (nSPS) is 21.1. The number of esters is 1. The summed E-state index contributed by atoms with van der Waals surface area (Å²) in [5, 5.41) is 0. The first-order chi connectivity index (χ1) is 10.8. The van der Waals surface area contributed by atoms with Crippen LogP contribution in [0.15, 0.2) is 30.3 Å². The van der Waals surface area contributed by atoms with E-state index in [9.17, 15) is 9.59 Å². The van der Waals surface area contributed by atoms with Gasteiger partial charge < -0.3 is 9.47 Å². The fourth-order valence-electron chi connectivity index (χ4n) is 2.93. The number of nitrogens with zero attached hydrogens (tertiary/aromatic N) is 1. The summed E-state index contributed by atoms with van der Waals surface area (Å²) in [6.07, 6.45) is 1.61. The van der Waals surface area contributed by atoms with Crippen molar-refractivity contribution in [3.05, 3.63) is 35.9 Å². The highest BCUT2D eigenvalue weighted by Gasteiger charge is 2.43. The van der Waals surface area contributed by atoms with Crippen LogP contribution in [0.4, 0.5) is 4.79 Å². The standard InChI is InChI=1S/C18H25NO4/c1-18(2,3)23-17(21)19-14(10-11-15(19)16(20)22-4)12-13-8-6-5-7-9-13/h5-9,14-15H,10-12H2,1-4H3/t14-,15-/m1/s1. The van der Waals surface area contributed by atoms with Crippen LogP contribution in [-0.2, 0) is 20.7 Å². The largest absolute Gasteiger partial charge is 0.467 e. The molecule has 1 heterocycles. The summed E-state index contributed by atoms with van der Waals surface area (Å²) < 4.78 is 10.3. The van der Waals surface area contributed by atoms with Gasteiger partial charge in [-0.25, -0.2) is 9.59 Å². The first-order valence-electron chi connectivity index (χ1n) is 7.95. The number of hydrogen-bond acceptors (Lipinski definition) is 4. The van der Waals surface area contributed by atoms with Gasteiger partial charge in [0.15, 0.2) is 0 Å². The first-order valence-corrected chi connectivity index (χ1v) is 7.95. The maximum absolute atomic E-state index is 12.6. The topological polar surface area (TPSA) is 55.8 Å². The number of methoxy groups -OCH3 is 1. The minimum absolute atomic E-state index is 0.0589. The number of rotatable bonds is 3. The van der Waals surface area contributed by atoms with Gasteiger partial charge in [0.2, 0.25) is 0 Å². The molecule has 2 rings (SSSR count). The first kappa shape index (κ1) is 17.3. The molecule has 5 heteroatoms. The molecule has 1 fully saturated rings. The average Bonchev–Trinajstić information content (AvgIpc) is 2.89. The summed E-state index contributed by atoms with van der Waals surface area (Å²) >= 11 is 0. The Morgan fingerprint density at radius 2 is 1.83 bits per heavy atom. The lowest BCUT2D eigenvalue weighted by molar-refractivity contribution is -0.146. The van der Waals surface area contributed by atoms with Crippen molar-refractivity contribution >= 4 is 12.1 Å². The van der Waals surface area contributed by atoms with Gasteiger partial charge in [0.25, 0.3) is 0 Å². The molecule has 2 atom stereocenters. The van der Waals surface area contributed by atoms with E-state index >= 15 is 0 Å². The lowest BCUT2D eigenvalue weighted by atomic mass is 10.0. The van der Waals surface area contributed by atoms with Gasteiger partial charge in [-0.05, 0) is 45.6 Å². The van der Waals surface area contributed by atoms with Gasteiger partial charge >= 0.3 is 12.1 Å². The predicted octanol–water partition coefficient (Wildman–Crippen LogP) is 3.17. The Labute approximate surface area is 137 Å². The third-order valence-corrected chi connectivity index (χ3v) is 3.89. The van der Waals surface area contributed by atoms with Crippen LogP contribution in [0.5, 0.6) is 0 Å². The Morgan fingerprint density at radius 3 is 2.39 bits per heavy atom. The number of ether oxygens (including phenoxy) is 2. The molecule has 1 aromatic carbocycles. The van der Waals surface area contributed by atoms with Gasteiger partial charge in [-0.3, -0.25) is 4.90 Å². The van der Waals surface area contributed by atoms with Crippen LogP contribution in [-0.4, -0.2) is 41.8 Å². The van der Waals surface area contributed by atoms with Crippen LogP contribution in [0.3, 0.4) is 0 Å². The van der Waals surface area contributed by atoms with Crippen LogP contribution in [0.2, 0.25) is 0 Å². The Morgan fingerprint density at radius 1 is 1.17 bits per heavy atom. The second-order valence-electron chi connectivity index (χ2n) is 6.85. The van der Waals surface area contributed by atoms with Crippen molar-refractivity contribution in [2.24, 2.45) is 0 Å². The molecular formula is C18H25NO4. The smallest absolute Gasteiger partial charge is 0.411 e. The number of likely N-dealkylation sites (tertiary alicyclic amines) is 1. The van der Waals surface area contributed by atoms with E-state index in [1.54, 1.807) is 4.90 Å². The lowest BCUT2D eigenvalue weighted by Crippen LogP contribution is -2.48. The summed E-state index contributed by atoms with van der Waals surface area (Å²) in [6, 6.07) is 9.33. The van der Waals surface area contributed by atoms with Gasteiger partial charge in [-0.15, -0.1) is 0 Å². The minimum atomic E-state index is -0.600. The maximum Gasteiger partial charge on any atom is 0.411 e. The molecule has 1 saturated heterocycles. The van der Waals surface area contributed by atoms with Crippen molar-refractivity contribution in [1.29, 1.82) is 0 Å². The molecule has 0 aromatic heterocycles. The highest BCUT2D eigenvalue weighted by Crippen LogP contribution is 2.29. The lowest BCUT2D eigenvalue weighted by Gasteiger charge is -2.31. The van der Waals surface area contributed by atoms with Gasteiger partial charge in [0, 0.05) is 6.04 Å². The molecule has 1 aliphatic heterocycles. The van der Waals surface area contributed by atoms with Crippen LogP contribution in [0.1, 0.15) is 39.2 Å². The highest BCUT2D eigenvalue weighted by atomic mass is 16.6. The molecule has 126 valence electrons. The Hall–Kier alpha value is -2.04. The molecule has 1 aliphatic rings. The second kappa shape index (κ2) is 7.02. The molecule has 0 saturated carbocycles. The zero-order chi connectivity index (χ0) is 17.0. The van der Waals surface area contributed by atoms with E-state index in [4.69, 9.17) is 9.47 Å². The molecule has 0 radical (unpaired) electrons. The fourth-order valence-corrected chi connectivity index (χ4v) is 2.93. The summed E-state index contributed by atoms with van der Waals surface area (Å²) in [5.41, 5.74) is 0.536. The Balaban J connectivity index is 2.19. The van der Waals surface area contributed by atoms with E-state index < -0.39 is 17.7 Å². The van der Waals surface area contributed by atoms with Gasteiger partial charge in [0.05, 0.1) is 7.11 Å². The molecule has 1 amide bonds. The van der Waals surface area contributed by atoms with Crippen molar-refractivity contribution in [3.8, 4) is 0 Å². The summed E-state index contributed by atoms with van der Waals surface area (Å²) in [5.74, 6) is -0.383. The van der Waals surface area contributed by atoms with Gasteiger partial charge in [0.1, 0.15) is 11.6 Å². The van der Waals surface area contributed by atoms with Gasteiger partial charge in [-0.2, -0.15) is 0 Å². The summed E-state index contributed by atoms with van der Waals surface area (Å²) in [6.45, 7) is 5.46. The Kier molecular flexibility index (Phi) is 5.29. The quantitative estimate of drug-likeness (QED) is 0.803. The Bertz CT molecular complexity index is 550. The molecule has 5 nitrogen and oxygen atoms in total. The van der Waals surface area contributed by atoms with Gasteiger partial charge in [-0.1, -0.05) is 30.3 Å². The van der Waals surface area contributed by atoms with E-state index in [-0.39, 0.29) is 12.0 Å². The zero-order valence-electron chi connectivity index (χ0n) is 14.2. The summed E-state index contributed by atoms with van der Waals surface area (Å²) in [4.78, 5) is 26.2. The second-order valence-corrected chi connectivity index (χ2v) is 6.85. The van der Waals surface area contributed by atoms with Crippen molar-refractivity contribution in [3.63, 3.8) is 0 Å². The number of carbonyl (C=O) groups is 2. The van der Waals surface area contributed by atoms with E-state index in [1.165, 1.54) is 7.11 Å². The van der Waals surface area contributed by atoms with E-state index in [0.717, 1.165) is 12.0 Å². The van der Waals surface area contributed by atoms with Crippen molar-refractivity contribution in [2.45, 2.75) is 57.7 Å². The third-order valence-electron chi connectivity index (χ3n) is 3.89. The maximum atomic E-state index is 12.6. The fraction of sp³-hybridized carbons (Fsp3) is 0.556. The number of amides is 1. The summed E-state index contributed by atoms with van der Waals surface area (Å²) in [7, 11) is 1.35. The molecule has 0 unspecified atom stereocenters. The molecule has 1 aromatic rings. The average molecular weight is 319 g/mol. The van der Waals surface area contributed by atoms with Crippen LogP contribution >= 0.6 is 0 Å². The molecule has 0 aliphatic carbocycles. The number of hydrogen-bond donors (Lipinski definition) is 0. The van der Waals surface area contributed by atoms with Crippen molar-refractivity contribution in [1.82, 2.24) is 4.90 Å². The van der Waals surface area contributed by atoms with Crippen molar-refractivity contribution in [2.75, 3.05) is 7.11 Å². The monoisotopic (exact) mass is 319 g/mol. The zero-order valence-corrected chi connectivity index (χ0v) is 14.2. The van der Waals surface area contributed by atoms with Crippen LogP contribution in [0, 0.1) is 0 Å².